The number of rotatable bonds is 4. The van der Waals surface area contributed by atoms with E-state index >= 15 is 0 Å². The number of hydrogen-bond acceptors (Lipinski definition) is 6. The molecular formula is C15H18N4O5. The third-order valence-corrected chi connectivity index (χ3v) is 3.86. The van der Waals surface area contributed by atoms with Crippen molar-refractivity contribution in [2.75, 3.05) is 17.2 Å². The van der Waals surface area contributed by atoms with E-state index in [0.29, 0.717) is 30.2 Å². The number of aromatic amines is 1. The van der Waals surface area contributed by atoms with E-state index in [-0.39, 0.29) is 6.10 Å². The topological polar surface area (TPSA) is 129 Å². The van der Waals surface area contributed by atoms with Gasteiger partial charge in [-0.05, 0) is 24.6 Å². The number of carbonyl (C=O) groups is 1. The first-order chi connectivity index (χ1) is 11.3. The number of ether oxygens (including phenoxy) is 1. The molecule has 0 radical (unpaired) electrons. The van der Waals surface area contributed by atoms with Crippen LogP contribution in [0.4, 0.5) is 16.2 Å². The van der Waals surface area contributed by atoms with E-state index in [9.17, 15) is 9.59 Å². The SMILES string of the molecule is CC(C)(CC1CNc2cc(NC(=O)O)ccc2O1)c1noc(=O)[nH]1. The number of fused-ring (bicyclic) bond motifs is 1. The number of aromatic nitrogens is 2. The van der Waals surface area contributed by atoms with Gasteiger partial charge in [0.25, 0.3) is 0 Å². The Morgan fingerprint density at radius 2 is 2.29 bits per heavy atom. The Labute approximate surface area is 137 Å². The fourth-order valence-electron chi connectivity index (χ4n) is 2.72. The lowest BCUT2D eigenvalue weighted by atomic mass is 9.85. The van der Waals surface area contributed by atoms with E-state index in [1.54, 1.807) is 18.2 Å². The monoisotopic (exact) mass is 334 g/mol. The lowest BCUT2D eigenvalue weighted by Crippen LogP contribution is -2.37. The molecule has 0 bridgehead atoms. The average molecular weight is 334 g/mol. The summed E-state index contributed by atoms with van der Waals surface area (Å²) in [6.45, 7) is 4.44. The molecule has 1 atom stereocenters. The summed E-state index contributed by atoms with van der Waals surface area (Å²) in [5.74, 6) is 0.541. The van der Waals surface area contributed by atoms with Crippen molar-refractivity contribution in [3.8, 4) is 5.75 Å². The summed E-state index contributed by atoms with van der Waals surface area (Å²) in [4.78, 5) is 24.4. The molecule has 2 heterocycles. The molecule has 0 saturated heterocycles. The maximum atomic E-state index is 11.1. The van der Waals surface area contributed by atoms with Crippen LogP contribution < -0.4 is 21.1 Å². The minimum atomic E-state index is -1.12. The smallest absolute Gasteiger partial charge is 0.438 e. The normalized spacial score (nSPS) is 16.7. The van der Waals surface area contributed by atoms with Crippen LogP contribution in [-0.2, 0) is 5.41 Å². The molecule has 1 amide bonds. The van der Waals surface area contributed by atoms with Crippen LogP contribution >= 0.6 is 0 Å². The molecule has 1 aliphatic rings. The van der Waals surface area contributed by atoms with Crippen molar-refractivity contribution in [3.63, 3.8) is 0 Å². The summed E-state index contributed by atoms with van der Waals surface area (Å²) in [5.41, 5.74) is 0.766. The van der Waals surface area contributed by atoms with E-state index < -0.39 is 17.3 Å². The van der Waals surface area contributed by atoms with Gasteiger partial charge in [-0.1, -0.05) is 19.0 Å². The molecule has 2 aromatic rings. The maximum absolute atomic E-state index is 11.1. The quantitative estimate of drug-likeness (QED) is 0.673. The largest absolute Gasteiger partial charge is 0.486 e. The predicted molar refractivity (Wildman–Crippen MR) is 85.8 cm³/mol. The first kappa shape index (κ1) is 15.9. The number of carboxylic acid groups (broad SMARTS) is 1. The van der Waals surface area contributed by atoms with Crippen LogP contribution in [0.15, 0.2) is 27.5 Å². The molecular weight excluding hydrogens is 316 g/mol. The predicted octanol–water partition coefficient (Wildman–Crippen LogP) is 1.99. The zero-order valence-electron chi connectivity index (χ0n) is 13.3. The summed E-state index contributed by atoms with van der Waals surface area (Å²) in [5, 5.41) is 18.0. The zero-order chi connectivity index (χ0) is 17.3. The first-order valence-electron chi connectivity index (χ1n) is 7.44. The van der Waals surface area contributed by atoms with Gasteiger partial charge >= 0.3 is 11.8 Å². The van der Waals surface area contributed by atoms with Crippen LogP contribution in [0, 0.1) is 0 Å². The van der Waals surface area contributed by atoms with Gasteiger partial charge in [-0.15, -0.1) is 0 Å². The Kier molecular flexibility index (Phi) is 3.92. The summed E-state index contributed by atoms with van der Waals surface area (Å²) < 4.78 is 10.5. The van der Waals surface area contributed by atoms with Gasteiger partial charge < -0.3 is 15.2 Å². The second-order valence-corrected chi connectivity index (χ2v) is 6.29. The van der Waals surface area contributed by atoms with Crippen molar-refractivity contribution in [1.82, 2.24) is 10.1 Å². The Bertz CT molecular complexity index is 810. The molecule has 9 nitrogen and oxygen atoms in total. The number of benzene rings is 1. The van der Waals surface area contributed by atoms with Crippen LogP contribution in [0.5, 0.6) is 5.75 Å². The molecule has 3 rings (SSSR count). The Balaban J connectivity index is 1.71. The standard InChI is InChI=1S/C15H18N4O5/c1-15(2,12-18-14(22)24-19-12)6-9-7-16-10-5-8(17-13(20)21)3-4-11(10)23-9/h3-5,9,16-17H,6-7H2,1-2H3,(H,20,21)(H,18,19,22). The van der Waals surface area contributed by atoms with E-state index in [4.69, 9.17) is 9.84 Å². The molecule has 1 unspecified atom stereocenters. The number of anilines is 2. The van der Waals surface area contributed by atoms with E-state index in [1.807, 2.05) is 13.8 Å². The molecule has 128 valence electrons. The third-order valence-electron chi connectivity index (χ3n) is 3.86. The molecule has 1 aliphatic heterocycles. The van der Waals surface area contributed by atoms with Gasteiger partial charge in [-0.2, -0.15) is 0 Å². The summed E-state index contributed by atoms with van der Waals surface area (Å²) in [7, 11) is 0. The number of nitrogens with zero attached hydrogens (tertiary/aromatic N) is 1. The maximum Gasteiger partial charge on any atom is 0.438 e. The van der Waals surface area contributed by atoms with Gasteiger partial charge in [-0.25, -0.2) is 9.59 Å². The minimum Gasteiger partial charge on any atom is -0.486 e. The molecule has 1 aromatic heterocycles. The highest BCUT2D eigenvalue weighted by molar-refractivity contribution is 5.84. The Morgan fingerprint density at radius 3 is 2.96 bits per heavy atom. The highest BCUT2D eigenvalue weighted by Crippen LogP contribution is 2.35. The average Bonchev–Trinajstić information content (AvgIpc) is 2.94. The van der Waals surface area contributed by atoms with Gasteiger partial charge in [0.05, 0.1) is 12.2 Å². The zero-order valence-corrected chi connectivity index (χ0v) is 13.3. The highest BCUT2D eigenvalue weighted by Gasteiger charge is 2.32. The Hall–Kier alpha value is -2.97. The minimum absolute atomic E-state index is 0.133. The fourth-order valence-corrected chi connectivity index (χ4v) is 2.72. The van der Waals surface area contributed by atoms with E-state index in [1.165, 1.54) is 0 Å². The van der Waals surface area contributed by atoms with Crippen molar-refractivity contribution in [3.05, 3.63) is 34.6 Å². The van der Waals surface area contributed by atoms with Crippen molar-refractivity contribution >= 4 is 17.5 Å². The van der Waals surface area contributed by atoms with E-state index in [2.05, 4.69) is 25.3 Å². The van der Waals surface area contributed by atoms with Crippen LogP contribution in [0.2, 0.25) is 0 Å². The van der Waals surface area contributed by atoms with Gasteiger partial charge in [0.1, 0.15) is 11.9 Å². The van der Waals surface area contributed by atoms with Gasteiger partial charge in [0.2, 0.25) is 0 Å². The number of nitrogens with one attached hydrogen (secondary N) is 3. The Morgan fingerprint density at radius 1 is 1.50 bits per heavy atom. The second-order valence-electron chi connectivity index (χ2n) is 6.29. The molecule has 0 saturated carbocycles. The van der Waals surface area contributed by atoms with Crippen molar-refractivity contribution in [2.24, 2.45) is 0 Å². The summed E-state index contributed by atoms with van der Waals surface area (Å²) >= 11 is 0. The molecule has 0 fully saturated rings. The fraction of sp³-hybridized carbons (Fsp3) is 0.400. The van der Waals surface area contributed by atoms with Gasteiger partial charge in [-0.3, -0.25) is 14.8 Å². The number of amides is 1. The third kappa shape index (κ3) is 3.34. The van der Waals surface area contributed by atoms with Crippen LogP contribution in [0.1, 0.15) is 26.1 Å². The summed E-state index contributed by atoms with van der Waals surface area (Å²) in [6.07, 6.45) is -0.643. The van der Waals surface area contributed by atoms with Crippen molar-refractivity contribution < 1.29 is 19.2 Å². The second kappa shape index (κ2) is 5.91. The highest BCUT2D eigenvalue weighted by atomic mass is 16.5. The molecule has 4 N–H and O–H groups in total. The van der Waals surface area contributed by atoms with E-state index in [0.717, 1.165) is 5.69 Å². The van der Waals surface area contributed by atoms with Gasteiger partial charge in [0, 0.05) is 11.1 Å². The van der Waals surface area contributed by atoms with Crippen LogP contribution in [0.3, 0.4) is 0 Å². The first-order valence-corrected chi connectivity index (χ1v) is 7.44. The van der Waals surface area contributed by atoms with Crippen LogP contribution in [-0.4, -0.2) is 34.0 Å². The van der Waals surface area contributed by atoms with Crippen LogP contribution in [0.25, 0.3) is 0 Å². The molecule has 0 aliphatic carbocycles. The molecule has 9 heteroatoms. The molecule has 24 heavy (non-hydrogen) atoms. The van der Waals surface area contributed by atoms with Crippen molar-refractivity contribution in [1.29, 1.82) is 0 Å². The summed E-state index contributed by atoms with van der Waals surface area (Å²) in [6, 6.07) is 5.03. The van der Waals surface area contributed by atoms with Gasteiger partial charge in [0.15, 0.2) is 5.82 Å². The lowest BCUT2D eigenvalue weighted by molar-refractivity contribution is 0.164. The number of H-pyrrole nitrogens is 1. The lowest BCUT2D eigenvalue weighted by Gasteiger charge is -2.32. The molecule has 0 spiro atoms. The van der Waals surface area contributed by atoms with Crippen molar-refractivity contribution in [2.45, 2.75) is 31.8 Å². The molecule has 1 aromatic carbocycles. The number of hydrogen-bond donors (Lipinski definition) is 4.